The van der Waals surface area contributed by atoms with Crippen LogP contribution in [0.25, 0.3) is 5.69 Å². The molecule has 0 spiro atoms. The van der Waals surface area contributed by atoms with Crippen molar-refractivity contribution in [1.82, 2.24) is 14.5 Å². The van der Waals surface area contributed by atoms with E-state index >= 15 is 0 Å². The quantitative estimate of drug-likeness (QED) is 0.513. The first-order valence-electron chi connectivity index (χ1n) is 11.2. The van der Waals surface area contributed by atoms with E-state index in [0.29, 0.717) is 5.25 Å². The van der Waals surface area contributed by atoms with E-state index in [0.717, 1.165) is 18.7 Å². The third-order valence-electron chi connectivity index (χ3n) is 6.60. The van der Waals surface area contributed by atoms with Crippen molar-refractivity contribution in [3.63, 3.8) is 0 Å². The van der Waals surface area contributed by atoms with Crippen molar-refractivity contribution < 1.29 is 0 Å². The van der Waals surface area contributed by atoms with Crippen molar-refractivity contribution in [2.45, 2.75) is 58.4 Å². The number of thioether (sulfide) groups is 1. The number of fused-ring (bicyclic) bond motifs is 1. The van der Waals surface area contributed by atoms with Crippen LogP contribution in [0.2, 0.25) is 0 Å². The number of para-hydroxylation sites is 1. The number of benzene rings is 1. The van der Waals surface area contributed by atoms with E-state index in [1.54, 1.807) is 0 Å². The molecular weight excluding hydrogens is 400 g/mol. The van der Waals surface area contributed by atoms with Crippen LogP contribution in [0, 0.1) is 20.8 Å². The van der Waals surface area contributed by atoms with Gasteiger partial charge in [-0.1, -0.05) is 49.9 Å². The van der Waals surface area contributed by atoms with Crippen LogP contribution in [0.3, 0.4) is 0 Å². The molecule has 0 bridgehead atoms. The van der Waals surface area contributed by atoms with Gasteiger partial charge < -0.3 is 9.47 Å². The smallest absolute Gasteiger partial charge is 0.160 e. The maximum absolute atomic E-state index is 5.17. The van der Waals surface area contributed by atoms with Crippen molar-refractivity contribution in [2.24, 2.45) is 4.99 Å². The highest BCUT2D eigenvalue weighted by Crippen LogP contribution is 2.49. The average molecular weight is 431 g/mol. The van der Waals surface area contributed by atoms with Crippen LogP contribution in [0.15, 0.2) is 53.7 Å². The lowest BCUT2D eigenvalue weighted by Gasteiger charge is -2.27. The summed E-state index contributed by atoms with van der Waals surface area (Å²) in [6.45, 7) is 12.3. The fourth-order valence-electron chi connectivity index (χ4n) is 5.21. The Hall–Kier alpha value is -2.53. The topological polar surface area (TPSA) is 33.4 Å². The second kappa shape index (κ2) is 7.86. The maximum atomic E-state index is 5.17. The molecule has 1 saturated heterocycles. The predicted molar refractivity (Wildman–Crippen MR) is 130 cm³/mol. The predicted octanol–water partition coefficient (Wildman–Crippen LogP) is 5.95. The summed E-state index contributed by atoms with van der Waals surface area (Å²) in [6.07, 6.45) is 2.91. The molecule has 4 nitrogen and oxygen atoms in total. The van der Waals surface area contributed by atoms with Gasteiger partial charge in [0.05, 0.1) is 17.4 Å². The normalized spacial score (nSPS) is 22.7. The number of hydrogen-bond acceptors (Lipinski definition) is 4. The number of aryl methyl sites for hydroxylation is 3. The average Bonchev–Trinajstić information content (AvgIpc) is 3.38. The standard InChI is InChI=1S/C26H30N4S/c1-6-20-11-9-10-16(2)24(20)30-17(3)14-21(19(30)5)25-23(22-12-7-8-13-27-22)28-26-29(25)15-18(4)31-26/h7-14,18,23,25H,6,15H2,1-5H3/t18-,23+,25-/m0/s1. The van der Waals surface area contributed by atoms with Gasteiger partial charge in [-0.2, -0.15) is 0 Å². The number of amidine groups is 1. The molecule has 2 aliphatic rings. The Morgan fingerprint density at radius 3 is 2.68 bits per heavy atom. The lowest BCUT2D eigenvalue weighted by atomic mass is 9.96. The van der Waals surface area contributed by atoms with E-state index in [1.165, 1.54) is 38.9 Å². The lowest BCUT2D eigenvalue weighted by Crippen LogP contribution is -2.29. The van der Waals surface area contributed by atoms with Gasteiger partial charge in [0, 0.05) is 29.4 Å². The first kappa shape index (κ1) is 20.4. The molecule has 5 heteroatoms. The monoisotopic (exact) mass is 430 g/mol. The molecular formula is C26H30N4S. The van der Waals surface area contributed by atoms with Gasteiger partial charge in [-0.15, -0.1) is 0 Å². The molecule has 1 aromatic carbocycles. The molecule has 0 aliphatic carbocycles. The molecule has 4 heterocycles. The van der Waals surface area contributed by atoms with Gasteiger partial charge in [-0.05, 0) is 62.1 Å². The van der Waals surface area contributed by atoms with Gasteiger partial charge in [-0.25, -0.2) is 0 Å². The van der Waals surface area contributed by atoms with Crippen LogP contribution in [-0.2, 0) is 6.42 Å². The zero-order valence-electron chi connectivity index (χ0n) is 19.0. The van der Waals surface area contributed by atoms with Crippen LogP contribution in [0.4, 0.5) is 0 Å². The van der Waals surface area contributed by atoms with Gasteiger partial charge in [0.1, 0.15) is 6.04 Å². The summed E-state index contributed by atoms with van der Waals surface area (Å²) in [5.41, 5.74) is 9.07. The Bertz CT molecular complexity index is 1150. The van der Waals surface area contributed by atoms with Gasteiger partial charge in [0.15, 0.2) is 5.17 Å². The minimum atomic E-state index is 0.0349. The highest BCUT2D eigenvalue weighted by atomic mass is 32.2. The van der Waals surface area contributed by atoms with Gasteiger partial charge in [-0.3, -0.25) is 9.98 Å². The maximum Gasteiger partial charge on any atom is 0.160 e. The third kappa shape index (κ3) is 3.30. The van der Waals surface area contributed by atoms with E-state index in [4.69, 9.17) is 9.98 Å². The molecule has 160 valence electrons. The Balaban J connectivity index is 1.66. The highest BCUT2D eigenvalue weighted by Gasteiger charge is 2.44. The molecule has 0 N–H and O–H groups in total. The fourth-order valence-corrected chi connectivity index (χ4v) is 6.30. The summed E-state index contributed by atoms with van der Waals surface area (Å²) in [5, 5.41) is 1.74. The minimum Gasteiger partial charge on any atom is -0.341 e. The van der Waals surface area contributed by atoms with Gasteiger partial charge in [0.2, 0.25) is 0 Å². The van der Waals surface area contributed by atoms with Crippen molar-refractivity contribution in [2.75, 3.05) is 6.54 Å². The highest BCUT2D eigenvalue weighted by molar-refractivity contribution is 8.14. The van der Waals surface area contributed by atoms with Crippen LogP contribution >= 0.6 is 11.8 Å². The first-order chi connectivity index (χ1) is 15.0. The van der Waals surface area contributed by atoms with Gasteiger partial charge in [0.25, 0.3) is 0 Å². The summed E-state index contributed by atoms with van der Waals surface area (Å²) in [5.74, 6) is 0. The van der Waals surface area contributed by atoms with Crippen LogP contribution in [0.5, 0.6) is 0 Å². The van der Waals surface area contributed by atoms with Gasteiger partial charge >= 0.3 is 0 Å². The van der Waals surface area contributed by atoms with Crippen LogP contribution in [-0.4, -0.2) is 31.4 Å². The van der Waals surface area contributed by atoms with E-state index in [-0.39, 0.29) is 12.1 Å². The third-order valence-corrected chi connectivity index (χ3v) is 7.70. The lowest BCUT2D eigenvalue weighted by molar-refractivity contribution is 0.320. The number of aromatic nitrogens is 2. The van der Waals surface area contributed by atoms with Crippen molar-refractivity contribution >= 4 is 16.9 Å². The first-order valence-corrected chi connectivity index (χ1v) is 12.1. The number of rotatable bonds is 4. The summed E-state index contributed by atoms with van der Waals surface area (Å²) in [6, 6.07) is 15.4. The second-order valence-corrected chi connectivity index (χ2v) is 10.1. The summed E-state index contributed by atoms with van der Waals surface area (Å²) < 4.78 is 2.46. The molecule has 3 atom stereocenters. The fraction of sp³-hybridized carbons (Fsp3) is 0.385. The molecule has 31 heavy (non-hydrogen) atoms. The van der Waals surface area contributed by atoms with E-state index in [2.05, 4.69) is 80.5 Å². The van der Waals surface area contributed by atoms with Crippen LogP contribution < -0.4 is 0 Å². The van der Waals surface area contributed by atoms with Crippen molar-refractivity contribution in [3.8, 4) is 5.69 Å². The molecule has 0 amide bonds. The Kier molecular flexibility index (Phi) is 5.17. The summed E-state index contributed by atoms with van der Waals surface area (Å²) in [7, 11) is 0. The van der Waals surface area contributed by atoms with E-state index in [1.807, 2.05) is 24.0 Å². The molecule has 2 aromatic heterocycles. The second-order valence-electron chi connectivity index (χ2n) is 8.73. The molecule has 3 aromatic rings. The summed E-state index contributed by atoms with van der Waals surface area (Å²) >= 11 is 1.90. The van der Waals surface area contributed by atoms with E-state index in [9.17, 15) is 0 Å². The number of hydrogen-bond donors (Lipinski definition) is 0. The minimum absolute atomic E-state index is 0.0349. The zero-order valence-corrected chi connectivity index (χ0v) is 19.8. The Labute approximate surface area is 189 Å². The Morgan fingerprint density at radius 1 is 1.10 bits per heavy atom. The van der Waals surface area contributed by atoms with E-state index < -0.39 is 0 Å². The summed E-state index contributed by atoms with van der Waals surface area (Å²) in [4.78, 5) is 12.4. The van der Waals surface area contributed by atoms with Crippen molar-refractivity contribution in [1.29, 1.82) is 0 Å². The molecule has 5 rings (SSSR count). The number of aliphatic imine (C=N–C) groups is 1. The molecule has 2 aliphatic heterocycles. The molecule has 1 fully saturated rings. The SMILES string of the molecule is CCc1cccc(C)c1-n1c(C)cc([C@H]2[C@@H](c3ccccn3)N=C3S[C@@H](C)CN32)c1C. The largest absolute Gasteiger partial charge is 0.341 e. The zero-order chi connectivity index (χ0) is 21.7. The number of pyridine rings is 1. The molecule has 0 unspecified atom stereocenters. The molecule has 0 saturated carbocycles. The molecule has 0 radical (unpaired) electrons. The number of nitrogens with zero attached hydrogens (tertiary/aromatic N) is 4. The van der Waals surface area contributed by atoms with Crippen LogP contribution in [0.1, 0.15) is 59.7 Å². The van der Waals surface area contributed by atoms with Crippen molar-refractivity contribution in [3.05, 3.63) is 82.4 Å². The Morgan fingerprint density at radius 2 is 1.94 bits per heavy atom.